The van der Waals surface area contributed by atoms with Gasteiger partial charge in [0, 0.05) is 7.05 Å². The van der Waals surface area contributed by atoms with Gasteiger partial charge in [-0.3, -0.25) is 4.68 Å². The van der Waals surface area contributed by atoms with Crippen molar-refractivity contribution in [3.05, 3.63) is 11.2 Å². The molecule has 9 heavy (non-hydrogen) atoms. The summed E-state index contributed by atoms with van der Waals surface area (Å²) in [5, 5.41) is 5.38. The van der Waals surface area contributed by atoms with Crippen LogP contribution in [0.5, 0.6) is 0 Å². The van der Waals surface area contributed by atoms with Gasteiger partial charge in [0.2, 0.25) is 0 Å². The van der Waals surface area contributed by atoms with Crippen LogP contribution in [0.3, 0.4) is 0 Å². The van der Waals surface area contributed by atoms with Crippen molar-refractivity contribution in [1.29, 1.82) is 0 Å². The monoisotopic (exact) mass is 161 g/mol. The minimum absolute atomic E-state index is 0.602. The lowest BCUT2D eigenvalue weighted by molar-refractivity contribution is 0.698. The predicted octanol–water partition coefficient (Wildman–Crippen LogP) is 1.60. The fourth-order valence-corrected chi connectivity index (χ4v) is 1.50. The molecule has 0 spiro atoms. The van der Waals surface area contributed by atoms with Crippen LogP contribution in [0.25, 0.3) is 0 Å². The van der Waals surface area contributed by atoms with E-state index in [1.54, 1.807) is 16.4 Å². The van der Waals surface area contributed by atoms with Gasteiger partial charge in [0.1, 0.15) is 16.2 Å². The van der Waals surface area contributed by atoms with Gasteiger partial charge in [-0.2, -0.15) is 5.10 Å². The molecular formula is C5H6ClN2S. The molecule has 0 aromatic carbocycles. The highest BCUT2D eigenvalue weighted by Gasteiger charge is 2.02. The Hall–Kier alpha value is -0.150. The maximum Gasteiger partial charge on any atom is 0.134 e. The summed E-state index contributed by atoms with van der Waals surface area (Å²) in [7, 11) is 1.84. The lowest BCUT2D eigenvalue weighted by atomic mass is 10.7. The molecule has 1 radical (unpaired) electrons. The zero-order valence-electron chi connectivity index (χ0n) is 5.18. The molecule has 1 aromatic heterocycles. The van der Waals surface area contributed by atoms with E-state index < -0.39 is 0 Å². The quantitative estimate of drug-likeness (QED) is 0.583. The Labute approximate surface area is 63.2 Å². The highest BCUT2D eigenvalue weighted by molar-refractivity contribution is 7.98. The summed E-state index contributed by atoms with van der Waals surface area (Å²) in [4.78, 5) is 0. The van der Waals surface area contributed by atoms with E-state index in [9.17, 15) is 0 Å². The van der Waals surface area contributed by atoms with Crippen LogP contribution < -0.4 is 0 Å². The Morgan fingerprint density at radius 1 is 1.78 bits per heavy atom. The number of hydrogen-bond donors (Lipinski definition) is 0. The van der Waals surface area contributed by atoms with Crippen molar-refractivity contribution >= 4 is 23.4 Å². The average molecular weight is 162 g/mol. The van der Waals surface area contributed by atoms with Gasteiger partial charge < -0.3 is 0 Å². The van der Waals surface area contributed by atoms with E-state index in [4.69, 9.17) is 11.6 Å². The van der Waals surface area contributed by atoms with Crippen molar-refractivity contribution in [1.82, 2.24) is 9.78 Å². The number of aryl methyl sites for hydroxylation is 1. The van der Waals surface area contributed by atoms with Crippen LogP contribution in [-0.2, 0) is 7.05 Å². The second-order valence-corrected chi connectivity index (χ2v) is 2.73. The van der Waals surface area contributed by atoms with Crippen LogP contribution in [0.4, 0.5) is 0 Å². The predicted molar refractivity (Wildman–Crippen MR) is 38.8 cm³/mol. The minimum atomic E-state index is 0.602. The van der Waals surface area contributed by atoms with Crippen LogP contribution >= 0.6 is 23.4 Å². The van der Waals surface area contributed by atoms with E-state index in [1.165, 1.54) is 0 Å². The SMILES string of the molecule is CSc1c(Cl)[c]nn1C. The Balaban J connectivity index is 3.07. The summed E-state index contributed by atoms with van der Waals surface area (Å²) in [6.07, 6.45) is 4.60. The summed E-state index contributed by atoms with van der Waals surface area (Å²) in [6, 6.07) is 0. The Kier molecular flexibility index (Phi) is 2.03. The molecule has 0 aliphatic heterocycles. The first-order valence-corrected chi connectivity index (χ1v) is 4.00. The molecule has 49 valence electrons. The standard InChI is InChI=1S/C5H6ClN2S/c1-8-5(9-2)4(6)3-7-8/h1-2H3. The highest BCUT2D eigenvalue weighted by Crippen LogP contribution is 2.22. The summed E-state index contributed by atoms with van der Waals surface area (Å²) < 4.78 is 1.70. The normalized spacial score (nSPS) is 10.1. The van der Waals surface area contributed by atoms with Crippen molar-refractivity contribution in [2.75, 3.05) is 6.26 Å². The van der Waals surface area contributed by atoms with Gasteiger partial charge in [0.05, 0.1) is 0 Å². The average Bonchev–Trinajstić information content (AvgIpc) is 2.12. The third-order valence-electron chi connectivity index (χ3n) is 0.973. The molecule has 0 aliphatic carbocycles. The first kappa shape index (κ1) is 6.96. The fourth-order valence-electron chi connectivity index (χ4n) is 0.576. The molecule has 0 unspecified atom stereocenters. The molecule has 0 saturated carbocycles. The zero-order chi connectivity index (χ0) is 6.85. The van der Waals surface area contributed by atoms with Crippen molar-refractivity contribution in [3.8, 4) is 0 Å². The van der Waals surface area contributed by atoms with Crippen LogP contribution in [0.1, 0.15) is 0 Å². The van der Waals surface area contributed by atoms with Crippen LogP contribution in [0.2, 0.25) is 5.02 Å². The van der Waals surface area contributed by atoms with Gasteiger partial charge in [0.15, 0.2) is 0 Å². The molecule has 0 atom stereocenters. The molecular weight excluding hydrogens is 156 g/mol. The molecule has 2 nitrogen and oxygen atoms in total. The van der Waals surface area contributed by atoms with Gasteiger partial charge in [-0.05, 0) is 6.26 Å². The number of halogens is 1. The molecule has 0 saturated heterocycles. The Bertz CT molecular complexity index is 189. The minimum Gasteiger partial charge on any atom is -0.260 e. The second kappa shape index (κ2) is 2.62. The fraction of sp³-hybridized carbons (Fsp3) is 0.400. The highest BCUT2D eigenvalue weighted by atomic mass is 35.5. The molecule has 1 rings (SSSR count). The van der Waals surface area contributed by atoms with Gasteiger partial charge >= 0.3 is 0 Å². The van der Waals surface area contributed by atoms with Gasteiger partial charge in [-0.25, -0.2) is 0 Å². The van der Waals surface area contributed by atoms with E-state index in [0.717, 1.165) is 5.03 Å². The van der Waals surface area contributed by atoms with E-state index in [0.29, 0.717) is 5.02 Å². The maximum atomic E-state index is 5.69. The molecule has 0 N–H and O–H groups in total. The first-order chi connectivity index (χ1) is 4.25. The van der Waals surface area contributed by atoms with Crippen molar-refractivity contribution < 1.29 is 0 Å². The topological polar surface area (TPSA) is 17.8 Å². The van der Waals surface area contributed by atoms with E-state index in [-0.39, 0.29) is 0 Å². The molecule has 4 heteroatoms. The first-order valence-electron chi connectivity index (χ1n) is 2.40. The smallest absolute Gasteiger partial charge is 0.134 e. The van der Waals surface area contributed by atoms with Crippen LogP contribution in [-0.4, -0.2) is 16.0 Å². The Morgan fingerprint density at radius 2 is 2.44 bits per heavy atom. The zero-order valence-corrected chi connectivity index (χ0v) is 6.75. The van der Waals surface area contributed by atoms with Gasteiger partial charge in [-0.1, -0.05) is 11.6 Å². The third-order valence-corrected chi connectivity index (χ3v) is 2.20. The van der Waals surface area contributed by atoms with E-state index >= 15 is 0 Å². The molecule has 0 amide bonds. The molecule has 1 heterocycles. The lowest BCUT2D eigenvalue weighted by Gasteiger charge is -1.94. The molecule has 0 fully saturated rings. The summed E-state index contributed by atoms with van der Waals surface area (Å²) >= 11 is 7.25. The van der Waals surface area contributed by atoms with Gasteiger partial charge in [-0.15, -0.1) is 11.8 Å². The second-order valence-electron chi connectivity index (χ2n) is 1.56. The number of aromatic nitrogens is 2. The maximum absolute atomic E-state index is 5.69. The molecule has 0 bridgehead atoms. The molecule has 0 aliphatic rings. The van der Waals surface area contributed by atoms with Crippen molar-refractivity contribution in [2.45, 2.75) is 5.03 Å². The Morgan fingerprint density at radius 3 is 2.67 bits per heavy atom. The van der Waals surface area contributed by atoms with E-state index in [1.807, 2.05) is 13.3 Å². The van der Waals surface area contributed by atoms with Crippen molar-refractivity contribution in [3.63, 3.8) is 0 Å². The van der Waals surface area contributed by atoms with Crippen LogP contribution in [0, 0.1) is 6.20 Å². The third kappa shape index (κ3) is 1.22. The largest absolute Gasteiger partial charge is 0.260 e. The number of nitrogens with zero attached hydrogens (tertiary/aromatic N) is 2. The number of hydrogen-bond acceptors (Lipinski definition) is 2. The van der Waals surface area contributed by atoms with Crippen LogP contribution in [0.15, 0.2) is 5.03 Å². The van der Waals surface area contributed by atoms with E-state index in [2.05, 4.69) is 11.3 Å². The summed E-state index contributed by atoms with van der Waals surface area (Å²) in [5.74, 6) is 0. The number of rotatable bonds is 1. The van der Waals surface area contributed by atoms with Gasteiger partial charge in [0.25, 0.3) is 0 Å². The number of thioether (sulfide) groups is 1. The molecule has 1 aromatic rings. The summed E-state index contributed by atoms with van der Waals surface area (Å²) in [6.45, 7) is 0. The lowest BCUT2D eigenvalue weighted by Crippen LogP contribution is -1.90. The van der Waals surface area contributed by atoms with Crippen molar-refractivity contribution in [2.24, 2.45) is 7.05 Å². The summed E-state index contributed by atoms with van der Waals surface area (Å²) in [5.41, 5.74) is 0.